The highest BCUT2D eigenvalue weighted by molar-refractivity contribution is 5.98. The number of rotatable bonds is 9. The number of halogens is 1. The van der Waals surface area contributed by atoms with Gasteiger partial charge in [-0.05, 0) is 37.8 Å². The minimum absolute atomic E-state index is 0.0517. The van der Waals surface area contributed by atoms with Crippen molar-refractivity contribution in [3.63, 3.8) is 0 Å². The van der Waals surface area contributed by atoms with Crippen LogP contribution in [0.5, 0.6) is 5.88 Å². The molecule has 166 valence electrons. The fourth-order valence-corrected chi connectivity index (χ4v) is 3.50. The molecule has 1 aliphatic carbocycles. The summed E-state index contributed by atoms with van der Waals surface area (Å²) in [6.45, 7) is 1.71. The van der Waals surface area contributed by atoms with Crippen LogP contribution in [0.1, 0.15) is 36.5 Å². The molecule has 2 amide bonds. The zero-order valence-corrected chi connectivity index (χ0v) is 17.2. The summed E-state index contributed by atoms with van der Waals surface area (Å²) >= 11 is 0. The molecule has 1 saturated carbocycles. The van der Waals surface area contributed by atoms with E-state index in [2.05, 4.69) is 25.9 Å². The number of nitrogens with two attached hydrogens (primary N) is 1. The smallest absolute Gasteiger partial charge is 0.404 e. The molecule has 0 aliphatic heterocycles. The van der Waals surface area contributed by atoms with Crippen LogP contribution >= 0.6 is 0 Å². The van der Waals surface area contributed by atoms with Crippen molar-refractivity contribution in [1.29, 1.82) is 0 Å². The Balaban J connectivity index is 1.93. The molecule has 3 rings (SSSR count). The number of ether oxygens (including phenoxy) is 1. The first-order chi connectivity index (χ1) is 14.8. The molecule has 31 heavy (non-hydrogen) atoms. The van der Waals surface area contributed by atoms with Crippen molar-refractivity contribution in [3.05, 3.63) is 35.8 Å². The average Bonchev–Trinajstić information content (AvgIpc) is 2.67. The summed E-state index contributed by atoms with van der Waals surface area (Å²) in [6.07, 6.45) is 3.15. The van der Waals surface area contributed by atoms with Crippen molar-refractivity contribution in [2.45, 2.75) is 38.3 Å². The Morgan fingerprint density at radius 1 is 1.32 bits per heavy atom. The van der Waals surface area contributed by atoms with Gasteiger partial charge in [-0.25, -0.2) is 19.2 Å². The third kappa shape index (κ3) is 5.30. The minimum atomic E-state index is -1.16. The van der Waals surface area contributed by atoms with E-state index in [1.54, 1.807) is 19.1 Å². The highest BCUT2D eigenvalue weighted by atomic mass is 19.1. The first-order valence-corrected chi connectivity index (χ1v) is 9.82. The van der Waals surface area contributed by atoms with Crippen LogP contribution in [0.4, 0.5) is 26.5 Å². The Bertz CT molecular complexity index is 969. The van der Waals surface area contributed by atoms with Crippen molar-refractivity contribution in [2.75, 3.05) is 17.7 Å². The van der Waals surface area contributed by atoms with E-state index in [9.17, 15) is 14.0 Å². The van der Waals surface area contributed by atoms with E-state index in [0.29, 0.717) is 11.6 Å². The number of pyridine rings is 2. The number of methoxy groups -OCH3 is 1. The van der Waals surface area contributed by atoms with Gasteiger partial charge >= 0.3 is 6.09 Å². The zero-order valence-electron chi connectivity index (χ0n) is 17.2. The van der Waals surface area contributed by atoms with Gasteiger partial charge in [0.05, 0.1) is 18.7 Å². The Hall–Kier alpha value is -3.63. The van der Waals surface area contributed by atoms with Crippen LogP contribution in [-0.2, 0) is 0 Å². The summed E-state index contributed by atoms with van der Waals surface area (Å²) in [6, 6.07) is 3.35. The second kappa shape index (κ2) is 9.45. The molecular weight excluding hydrogens is 407 g/mol. The van der Waals surface area contributed by atoms with Crippen LogP contribution in [-0.4, -0.2) is 46.3 Å². The van der Waals surface area contributed by atoms with Crippen LogP contribution in [0.15, 0.2) is 24.4 Å². The SMILES string of the molecule is COc1cc(Nc2nc(N[C@@H](C3CCC3)[C@H](C)NC(=O)O)c(F)cc2C(N)=O)ccn1. The van der Waals surface area contributed by atoms with Gasteiger partial charge in [-0.3, -0.25) is 4.79 Å². The standard InChI is InChI=1S/C20H25FN6O4/c1-10(24-20(29)30)16(11-4-3-5-11)26-19-14(21)9-13(17(22)28)18(27-19)25-12-6-7-23-15(8-12)31-2/h6-11,16,24H,3-5H2,1-2H3,(H2,22,28)(H,29,30)(H2,23,25,26,27)/t10-,16+/m0/s1. The Morgan fingerprint density at radius 2 is 2.06 bits per heavy atom. The molecule has 0 unspecified atom stereocenters. The third-order valence-electron chi connectivity index (χ3n) is 5.30. The monoisotopic (exact) mass is 432 g/mol. The summed E-state index contributed by atoms with van der Waals surface area (Å²) < 4.78 is 19.9. The van der Waals surface area contributed by atoms with Gasteiger partial charge in [-0.2, -0.15) is 0 Å². The maximum atomic E-state index is 14.8. The summed E-state index contributed by atoms with van der Waals surface area (Å²) in [4.78, 5) is 31.2. The number of hydrogen-bond donors (Lipinski definition) is 5. The minimum Gasteiger partial charge on any atom is -0.481 e. The topological polar surface area (TPSA) is 151 Å². The van der Waals surface area contributed by atoms with Crippen LogP contribution in [0.25, 0.3) is 0 Å². The van der Waals surface area contributed by atoms with E-state index in [-0.39, 0.29) is 29.2 Å². The molecule has 2 atom stereocenters. The fourth-order valence-electron chi connectivity index (χ4n) is 3.50. The number of primary amides is 1. The number of carbonyl (C=O) groups excluding carboxylic acids is 1. The normalized spacial score (nSPS) is 15.3. The molecule has 2 aromatic heterocycles. The van der Waals surface area contributed by atoms with Crippen molar-refractivity contribution in [2.24, 2.45) is 11.7 Å². The lowest BCUT2D eigenvalue weighted by atomic mass is 9.77. The van der Waals surface area contributed by atoms with Gasteiger partial charge in [0.15, 0.2) is 11.6 Å². The molecule has 0 bridgehead atoms. The number of carbonyl (C=O) groups is 2. The van der Waals surface area contributed by atoms with E-state index in [4.69, 9.17) is 15.6 Å². The molecule has 0 aromatic carbocycles. The number of hydrogen-bond acceptors (Lipinski definition) is 7. The van der Waals surface area contributed by atoms with E-state index in [0.717, 1.165) is 25.3 Å². The summed E-state index contributed by atoms with van der Waals surface area (Å²) in [5.74, 6) is -1.17. The lowest BCUT2D eigenvalue weighted by Crippen LogP contribution is -2.50. The Labute approximate surface area is 178 Å². The van der Waals surface area contributed by atoms with Gasteiger partial charge in [0.1, 0.15) is 5.82 Å². The van der Waals surface area contributed by atoms with E-state index < -0.39 is 23.9 Å². The molecule has 6 N–H and O–H groups in total. The van der Waals surface area contributed by atoms with E-state index in [1.807, 2.05) is 0 Å². The van der Waals surface area contributed by atoms with Crippen molar-refractivity contribution in [3.8, 4) is 5.88 Å². The van der Waals surface area contributed by atoms with E-state index >= 15 is 0 Å². The third-order valence-corrected chi connectivity index (χ3v) is 5.30. The summed E-state index contributed by atoms with van der Waals surface area (Å²) in [5, 5.41) is 17.5. The summed E-state index contributed by atoms with van der Waals surface area (Å²) in [7, 11) is 1.46. The number of aromatic nitrogens is 2. The molecular formula is C20H25FN6O4. The molecule has 0 radical (unpaired) electrons. The second-order valence-electron chi connectivity index (χ2n) is 7.39. The number of amides is 2. The largest absolute Gasteiger partial charge is 0.481 e. The highest BCUT2D eigenvalue weighted by Crippen LogP contribution is 2.34. The molecule has 10 nitrogen and oxygen atoms in total. The van der Waals surface area contributed by atoms with Crippen molar-refractivity contribution < 1.29 is 23.8 Å². The molecule has 1 fully saturated rings. The van der Waals surface area contributed by atoms with Crippen LogP contribution in [0.2, 0.25) is 0 Å². The van der Waals surface area contributed by atoms with Gasteiger partial charge in [-0.15, -0.1) is 0 Å². The molecule has 2 aromatic rings. The average molecular weight is 432 g/mol. The van der Waals surface area contributed by atoms with Crippen molar-refractivity contribution >= 4 is 29.3 Å². The van der Waals surface area contributed by atoms with Gasteiger partial charge in [-0.1, -0.05) is 6.42 Å². The Morgan fingerprint density at radius 3 is 2.65 bits per heavy atom. The van der Waals surface area contributed by atoms with Crippen LogP contribution in [0, 0.1) is 11.7 Å². The van der Waals surface area contributed by atoms with Gasteiger partial charge in [0, 0.05) is 24.0 Å². The first kappa shape index (κ1) is 22.1. The molecule has 11 heteroatoms. The predicted molar refractivity (Wildman–Crippen MR) is 112 cm³/mol. The zero-order chi connectivity index (χ0) is 22.5. The highest BCUT2D eigenvalue weighted by Gasteiger charge is 2.33. The maximum absolute atomic E-state index is 14.8. The quantitative estimate of drug-likeness (QED) is 0.406. The lowest BCUT2D eigenvalue weighted by Gasteiger charge is -2.38. The fraction of sp³-hybridized carbons (Fsp3) is 0.400. The first-order valence-electron chi connectivity index (χ1n) is 9.82. The number of nitrogens with one attached hydrogen (secondary N) is 3. The number of nitrogens with zero attached hydrogens (tertiary/aromatic N) is 2. The maximum Gasteiger partial charge on any atom is 0.404 e. The van der Waals surface area contributed by atoms with Gasteiger partial charge in [0.2, 0.25) is 5.88 Å². The van der Waals surface area contributed by atoms with Crippen LogP contribution in [0.3, 0.4) is 0 Å². The molecule has 1 aliphatic rings. The van der Waals surface area contributed by atoms with Crippen molar-refractivity contribution in [1.82, 2.24) is 15.3 Å². The molecule has 0 spiro atoms. The molecule has 0 saturated heterocycles. The van der Waals surface area contributed by atoms with Gasteiger partial charge in [0.25, 0.3) is 5.91 Å². The Kier molecular flexibility index (Phi) is 6.73. The number of carboxylic acid groups (broad SMARTS) is 1. The summed E-state index contributed by atoms with van der Waals surface area (Å²) in [5.41, 5.74) is 5.79. The molecule has 2 heterocycles. The van der Waals surface area contributed by atoms with Gasteiger partial charge < -0.3 is 31.5 Å². The predicted octanol–water partition coefficient (Wildman–Crippen LogP) is 2.70. The number of anilines is 3. The second-order valence-corrected chi connectivity index (χ2v) is 7.39. The lowest BCUT2D eigenvalue weighted by molar-refractivity contribution is 0.1000. The van der Waals surface area contributed by atoms with Crippen LogP contribution < -0.4 is 26.4 Å². The van der Waals surface area contributed by atoms with E-state index in [1.165, 1.54) is 13.3 Å².